The average Bonchev–Trinajstić information content (AvgIpc) is 2.77. The third-order valence-electron chi connectivity index (χ3n) is 4.78. The minimum atomic E-state index is -4.44. The molecule has 4 heterocycles. The molecule has 0 fully saturated rings. The van der Waals surface area contributed by atoms with Crippen LogP contribution in [0.5, 0.6) is 0 Å². The zero-order valence-corrected chi connectivity index (χ0v) is 15.7. The number of nitrogens with one attached hydrogen (secondary N) is 1. The topological polar surface area (TPSA) is 83.9 Å². The lowest BCUT2D eigenvalue weighted by Gasteiger charge is -2.29. The van der Waals surface area contributed by atoms with Gasteiger partial charge in [-0.1, -0.05) is 0 Å². The van der Waals surface area contributed by atoms with E-state index in [1.54, 1.807) is 36.7 Å². The first-order chi connectivity index (χ1) is 14.4. The van der Waals surface area contributed by atoms with Gasteiger partial charge in [0.1, 0.15) is 0 Å². The summed E-state index contributed by atoms with van der Waals surface area (Å²) in [5.41, 5.74) is 1.46. The maximum atomic E-state index is 13.0. The molecule has 0 bridgehead atoms. The van der Waals surface area contributed by atoms with Crippen LogP contribution in [0.2, 0.25) is 0 Å². The van der Waals surface area contributed by atoms with Gasteiger partial charge in [0.2, 0.25) is 0 Å². The second-order valence-electron chi connectivity index (χ2n) is 6.81. The van der Waals surface area contributed by atoms with Crippen molar-refractivity contribution < 1.29 is 18.0 Å². The van der Waals surface area contributed by atoms with Crippen LogP contribution in [0.3, 0.4) is 0 Å². The highest BCUT2D eigenvalue weighted by Crippen LogP contribution is 2.31. The maximum Gasteiger partial charge on any atom is 0.417 e. The summed E-state index contributed by atoms with van der Waals surface area (Å²) in [6, 6.07) is 7.90. The van der Waals surface area contributed by atoms with Gasteiger partial charge in [0.15, 0.2) is 11.5 Å². The molecule has 154 valence electrons. The molecule has 0 unspecified atom stereocenters. The van der Waals surface area contributed by atoms with Crippen LogP contribution >= 0.6 is 0 Å². The second-order valence-corrected chi connectivity index (χ2v) is 6.81. The zero-order chi connectivity index (χ0) is 21.1. The van der Waals surface area contributed by atoms with Crippen LogP contribution in [-0.4, -0.2) is 32.6 Å². The Hall–Kier alpha value is -3.56. The van der Waals surface area contributed by atoms with Gasteiger partial charge in [-0.3, -0.25) is 14.8 Å². The minimum absolute atomic E-state index is 0.159. The maximum absolute atomic E-state index is 13.0. The van der Waals surface area contributed by atoms with Gasteiger partial charge in [0, 0.05) is 50.3 Å². The van der Waals surface area contributed by atoms with Crippen molar-refractivity contribution in [3.05, 3.63) is 77.0 Å². The van der Waals surface area contributed by atoms with Gasteiger partial charge in [-0.15, -0.1) is 10.2 Å². The Morgan fingerprint density at radius 3 is 2.63 bits per heavy atom. The molecule has 1 aliphatic rings. The number of halogens is 3. The van der Waals surface area contributed by atoms with Crippen molar-refractivity contribution >= 4 is 11.7 Å². The molecular formula is C20H17F3N6O. The smallest absolute Gasteiger partial charge is 0.350 e. The molecule has 10 heteroatoms. The predicted molar refractivity (Wildman–Crippen MR) is 101 cm³/mol. The number of anilines is 1. The standard InChI is InChI=1S/C20H17F3N6O/c21-20(22,23)15-9-14-12-29(8-5-16(14)25-11-15)18-2-1-17(27-28-18)19(30)26-10-13-3-6-24-7-4-13/h1-4,6-7,9,11H,5,8,10,12H2,(H,26,30). The Labute approximate surface area is 170 Å². The molecule has 0 aromatic carbocycles. The molecule has 1 aliphatic heterocycles. The molecule has 1 amide bonds. The summed E-state index contributed by atoms with van der Waals surface area (Å²) >= 11 is 0. The second kappa shape index (κ2) is 8.05. The third-order valence-corrected chi connectivity index (χ3v) is 4.78. The van der Waals surface area contributed by atoms with E-state index in [2.05, 4.69) is 25.5 Å². The first kappa shape index (κ1) is 19.7. The summed E-state index contributed by atoms with van der Waals surface area (Å²) < 4.78 is 38.9. The number of alkyl halides is 3. The highest BCUT2D eigenvalue weighted by Gasteiger charge is 2.32. The van der Waals surface area contributed by atoms with E-state index < -0.39 is 11.7 Å². The van der Waals surface area contributed by atoms with E-state index >= 15 is 0 Å². The Kier molecular flexibility index (Phi) is 5.30. The molecule has 0 atom stereocenters. The monoisotopic (exact) mass is 414 g/mol. The first-order valence-corrected chi connectivity index (χ1v) is 9.21. The summed E-state index contributed by atoms with van der Waals surface area (Å²) in [6.45, 7) is 1.13. The van der Waals surface area contributed by atoms with E-state index in [0.29, 0.717) is 36.6 Å². The molecule has 1 N–H and O–H groups in total. The molecule has 7 nitrogen and oxygen atoms in total. The highest BCUT2D eigenvalue weighted by molar-refractivity contribution is 5.92. The van der Waals surface area contributed by atoms with Crippen molar-refractivity contribution in [2.75, 3.05) is 11.4 Å². The number of hydrogen-bond donors (Lipinski definition) is 1. The largest absolute Gasteiger partial charge is 0.417 e. The fraction of sp³-hybridized carbons (Fsp3) is 0.250. The van der Waals surface area contributed by atoms with Crippen LogP contribution in [0.1, 0.15) is 32.9 Å². The van der Waals surface area contributed by atoms with Gasteiger partial charge in [-0.25, -0.2) is 0 Å². The van der Waals surface area contributed by atoms with Crippen LogP contribution in [0.25, 0.3) is 0 Å². The van der Waals surface area contributed by atoms with Gasteiger partial charge in [-0.05, 0) is 41.5 Å². The van der Waals surface area contributed by atoms with Crippen molar-refractivity contribution in [1.29, 1.82) is 0 Å². The van der Waals surface area contributed by atoms with Crippen molar-refractivity contribution in [2.45, 2.75) is 25.7 Å². The summed E-state index contributed by atoms with van der Waals surface area (Å²) in [6.07, 6.45) is 0.215. The van der Waals surface area contributed by atoms with E-state index in [1.165, 1.54) is 0 Å². The van der Waals surface area contributed by atoms with Gasteiger partial charge < -0.3 is 10.2 Å². The van der Waals surface area contributed by atoms with E-state index in [4.69, 9.17) is 0 Å². The van der Waals surface area contributed by atoms with Gasteiger partial charge in [0.05, 0.1) is 5.56 Å². The van der Waals surface area contributed by atoms with Gasteiger partial charge in [0.25, 0.3) is 5.91 Å². The fourth-order valence-electron chi connectivity index (χ4n) is 3.17. The molecule has 30 heavy (non-hydrogen) atoms. The Bertz CT molecular complexity index is 1040. The zero-order valence-electron chi connectivity index (χ0n) is 15.7. The lowest BCUT2D eigenvalue weighted by atomic mass is 10.0. The number of aromatic nitrogens is 4. The molecule has 0 saturated heterocycles. The van der Waals surface area contributed by atoms with Crippen molar-refractivity contribution in [1.82, 2.24) is 25.5 Å². The number of nitrogens with zero attached hydrogens (tertiary/aromatic N) is 5. The van der Waals surface area contributed by atoms with E-state index in [9.17, 15) is 18.0 Å². The number of hydrogen-bond acceptors (Lipinski definition) is 6. The lowest BCUT2D eigenvalue weighted by molar-refractivity contribution is -0.137. The van der Waals surface area contributed by atoms with Crippen molar-refractivity contribution in [2.24, 2.45) is 0 Å². The Balaban J connectivity index is 1.42. The number of fused-ring (bicyclic) bond motifs is 1. The van der Waals surface area contributed by atoms with Gasteiger partial charge >= 0.3 is 6.18 Å². The quantitative estimate of drug-likeness (QED) is 0.707. The normalized spacial score (nSPS) is 13.6. The number of carbonyl (C=O) groups excluding carboxylic acids is 1. The summed E-state index contributed by atoms with van der Waals surface area (Å²) in [5, 5.41) is 10.8. The van der Waals surface area contributed by atoms with Crippen LogP contribution < -0.4 is 10.2 Å². The third kappa shape index (κ3) is 4.37. The van der Waals surface area contributed by atoms with Crippen molar-refractivity contribution in [3.63, 3.8) is 0 Å². The van der Waals surface area contributed by atoms with Crippen LogP contribution in [-0.2, 0) is 25.7 Å². The van der Waals surface area contributed by atoms with E-state index in [1.807, 2.05) is 4.90 Å². The predicted octanol–water partition coefficient (Wildman–Crippen LogP) is 2.78. The lowest BCUT2D eigenvalue weighted by Crippen LogP contribution is -2.32. The Morgan fingerprint density at radius 1 is 1.13 bits per heavy atom. The molecule has 0 radical (unpaired) electrons. The molecule has 0 saturated carbocycles. The molecule has 3 aromatic heterocycles. The van der Waals surface area contributed by atoms with E-state index in [-0.39, 0.29) is 18.1 Å². The van der Waals surface area contributed by atoms with Crippen LogP contribution in [0, 0.1) is 0 Å². The van der Waals surface area contributed by atoms with Crippen LogP contribution in [0.4, 0.5) is 19.0 Å². The number of amides is 1. The fourth-order valence-corrected chi connectivity index (χ4v) is 3.17. The minimum Gasteiger partial charge on any atom is -0.350 e. The number of pyridine rings is 2. The molecular weight excluding hydrogens is 397 g/mol. The summed E-state index contributed by atoms with van der Waals surface area (Å²) in [5.74, 6) is 0.123. The molecule has 0 spiro atoms. The number of carbonyl (C=O) groups is 1. The molecule has 4 rings (SSSR count). The molecule has 0 aliphatic carbocycles. The first-order valence-electron chi connectivity index (χ1n) is 9.21. The number of rotatable bonds is 4. The van der Waals surface area contributed by atoms with Crippen LogP contribution in [0.15, 0.2) is 48.9 Å². The Morgan fingerprint density at radius 2 is 1.93 bits per heavy atom. The SMILES string of the molecule is O=C(NCc1ccncc1)c1ccc(N2CCc3ncc(C(F)(F)F)cc3C2)nn1. The van der Waals surface area contributed by atoms with Crippen molar-refractivity contribution in [3.8, 4) is 0 Å². The van der Waals surface area contributed by atoms with E-state index in [0.717, 1.165) is 17.8 Å². The summed E-state index contributed by atoms with van der Waals surface area (Å²) in [7, 11) is 0. The molecule has 3 aromatic rings. The summed E-state index contributed by atoms with van der Waals surface area (Å²) in [4.78, 5) is 21.9. The highest BCUT2D eigenvalue weighted by atomic mass is 19.4. The van der Waals surface area contributed by atoms with Gasteiger partial charge in [-0.2, -0.15) is 13.2 Å². The average molecular weight is 414 g/mol.